The monoisotopic (exact) mass is 341 g/mol. The topological polar surface area (TPSA) is 140 Å². The average Bonchev–Trinajstić information content (AvgIpc) is 3.08. The number of rotatable bonds is 5. The Labute approximate surface area is 137 Å². The molecule has 3 rings (SSSR count). The molecule has 1 aliphatic heterocycles. The molecule has 1 saturated heterocycles. The normalized spacial score (nSPS) is 27.8. The van der Waals surface area contributed by atoms with Crippen LogP contribution in [-0.2, 0) is 11.2 Å². The fourth-order valence-corrected chi connectivity index (χ4v) is 3.04. The van der Waals surface area contributed by atoms with Crippen molar-refractivity contribution >= 4 is 29.6 Å². The quantitative estimate of drug-likeness (QED) is 0.431. The molecule has 1 aliphatic rings. The van der Waals surface area contributed by atoms with Gasteiger partial charge in [0.15, 0.2) is 17.7 Å². The van der Waals surface area contributed by atoms with Gasteiger partial charge in [-0.25, -0.2) is 15.0 Å². The Bertz CT molecular complexity index is 696. The number of aliphatic hydroxyl groups is 3. The molecule has 1 fully saturated rings. The molecule has 126 valence electrons. The molecule has 9 nitrogen and oxygen atoms in total. The number of aromatic nitrogens is 4. The average molecular weight is 341 g/mol. The number of imidazole rings is 1. The summed E-state index contributed by atoms with van der Waals surface area (Å²) in [6, 6.07) is 0. The number of nitrogens with zero attached hydrogens (tertiary/aromatic N) is 4. The third kappa shape index (κ3) is 2.88. The van der Waals surface area contributed by atoms with Crippen LogP contribution in [-0.4, -0.2) is 65.5 Å². The Balaban J connectivity index is 1.99. The predicted octanol–water partition coefficient (Wildman–Crippen LogP) is -1.12. The lowest BCUT2D eigenvalue weighted by Crippen LogP contribution is -2.30. The molecular weight excluding hydrogens is 322 g/mol. The summed E-state index contributed by atoms with van der Waals surface area (Å²) in [5, 5.41) is 27.7. The maximum atomic E-state index is 10.0. The zero-order chi connectivity index (χ0) is 16.6. The van der Waals surface area contributed by atoms with E-state index >= 15 is 0 Å². The van der Waals surface area contributed by atoms with Gasteiger partial charge in [0.05, 0.1) is 24.3 Å². The second kappa shape index (κ2) is 6.57. The molecule has 4 atom stereocenters. The molecule has 0 spiro atoms. The molecule has 2 aromatic rings. The van der Waals surface area contributed by atoms with E-state index in [-0.39, 0.29) is 19.0 Å². The van der Waals surface area contributed by atoms with Crippen LogP contribution in [0.3, 0.4) is 0 Å². The summed E-state index contributed by atoms with van der Waals surface area (Å²) in [6.07, 6.45) is 0.271. The van der Waals surface area contributed by atoms with E-state index < -0.39 is 23.7 Å². The van der Waals surface area contributed by atoms with Gasteiger partial charge >= 0.3 is 0 Å². The minimum Gasteiger partial charge on any atom is -0.396 e. The molecule has 3 heterocycles. The third-order valence-corrected chi connectivity index (χ3v) is 4.41. The van der Waals surface area contributed by atoms with Gasteiger partial charge in [-0.3, -0.25) is 4.57 Å². The molecule has 0 bridgehead atoms. The number of ether oxygens (including phenoxy) is 1. The first-order valence-electron chi connectivity index (χ1n) is 7.29. The van der Waals surface area contributed by atoms with Gasteiger partial charge < -0.3 is 25.8 Å². The molecule has 0 unspecified atom stereocenters. The predicted molar refractivity (Wildman–Crippen MR) is 84.9 cm³/mol. The number of nitrogens with two attached hydrogens (primary N) is 1. The fraction of sp³-hybridized carbons (Fsp3) is 0.615. The molecule has 0 radical (unpaired) electrons. The fourth-order valence-electron chi connectivity index (χ4n) is 2.63. The summed E-state index contributed by atoms with van der Waals surface area (Å²) in [4.78, 5) is 12.8. The van der Waals surface area contributed by atoms with Crippen LogP contribution < -0.4 is 5.73 Å². The van der Waals surface area contributed by atoms with Crippen molar-refractivity contribution in [2.24, 2.45) is 0 Å². The summed E-state index contributed by atoms with van der Waals surface area (Å²) >= 11 is 4.37. The molecule has 0 aromatic carbocycles. The first-order valence-corrected chi connectivity index (χ1v) is 7.80. The number of anilines is 1. The lowest BCUT2D eigenvalue weighted by Gasteiger charge is -2.17. The second-order valence-electron chi connectivity index (χ2n) is 5.41. The summed E-state index contributed by atoms with van der Waals surface area (Å²) < 4.78 is 7.29. The van der Waals surface area contributed by atoms with E-state index in [0.29, 0.717) is 29.8 Å². The van der Waals surface area contributed by atoms with Gasteiger partial charge in [-0.05, 0) is 6.42 Å². The molecule has 0 amide bonds. The van der Waals surface area contributed by atoms with Crippen LogP contribution >= 0.6 is 12.6 Å². The van der Waals surface area contributed by atoms with E-state index in [1.165, 1.54) is 6.33 Å². The number of aliphatic hydroxyl groups excluding tert-OH is 3. The van der Waals surface area contributed by atoms with Crippen LogP contribution in [0, 0.1) is 0 Å². The van der Waals surface area contributed by atoms with Crippen LogP contribution in [0.2, 0.25) is 0 Å². The Morgan fingerprint density at radius 1 is 1.35 bits per heavy atom. The number of thiol groups is 1. The number of hydrogen-bond acceptors (Lipinski definition) is 9. The van der Waals surface area contributed by atoms with E-state index in [9.17, 15) is 10.2 Å². The largest absolute Gasteiger partial charge is 0.396 e. The minimum absolute atomic E-state index is 0.0371. The zero-order valence-corrected chi connectivity index (χ0v) is 13.2. The van der Waals surface area contributed by atoms with Crippen molar-refractivity contribution in [3.05, 3.63) is 12.2 Å². The lowest BCUT2D eigenvalue weighted by atomic mass is 10.2. The van der Waals surface area contributed by atoms with Crippen molar-refractivity contribution in [3.63, 3.8) is 0 Å². The summed E-state index contributed by atoms with van der Waals surface area (Å²) in [7, 11) is 0. The van der Waals surface area contributed by atoms with Gasteiger partial charge in [0.1, 0.15) is 17.4 Å². The van der Waals surface area contributed by atoms with E-state index in [4.69, 9.17) is 15.6 Å². The molecule has 0 aliphatic carbocycles. The number of aryl methyl sites for hydroxylation is 1. The summed E-state index contributed by atoms with van der Waals surface area (Å²) in [5.74, 6) is 0.744. The standard InChI is InChI=1S/C13H19N5O4S/c14-11-8-12(17-7(16-11)2-1-3-19)18(5-15-8)13-10(23)9(21)6(4-20)22-13/h5-6,9-10,13,19-21,23H,1-4H2,(H2,14,16,17)/t6-,9-,10-,13-/m1/s1. The minimum atomic E-state index is -0.904. The van der Waals surface area contributed by atoms with E-state index in [1.54, 1.807) is 4.57 Å². The summed E-state index contributed by atoms with van der Waals surface area (Å²) in [5.41, 5.74) is 6.82. The van der Waals surface area contributed by atoms with Crippen LogP contribution in [0.5, 0.6) is 0 Å². The first kappa shape index (κ1) is 16.4. The highest BCUT2D eigenvalue weighted by Crippen LogP contribution is 2.35. The number of fused-ring (bicyclic) bond motifs is 1. The Hall–Kier alpha value is -1.46. The van der Waals surface area contributed by atoms with Gasteiger partial charge in [-0.15, -0.1) is 0 Å². The van der Waals surface area contributed by atoms with Gasteiger partial charge in [-0.1, -0.05) is 0 Å². The maximum Gasteiger partial charge on any atom is 0.167 e. The van der Waals surface area contributed by atoms with Crippen molar-refractivity contribution in [3.8, 4) is 0 Å². The third-order valence-electron chi connectivity index (χ3n) is 3.84. The van der Waals surface area contributed by atoms with Crippen molar-refractivity contribution < 1.29 is 20.1 Å². The van der Waals surface area contributed by atoms with Gasteiger partial charge in [-0.2, -0.15) is 12.6 Å². The van der Waals surface area contributed by atoms with Crippen molar-refractivity contribution in [2.75, 3.05) is 18.9 Å². The Kier molecular flexibility index (Phi) is 4.69. The summed E-state index contributed by atoms with van der Waals surface area (Å²) in [6.45, 7) is -0.268. The van der Waals surface area contributed by atoms with Gasteiger partial charge in [0.2, 0.25) is 0 Å². The van der Waals surface area contributed by atoms with E-state index in [2.05, 4.69) is 27.6 Å². The molecule has 5 N–H and O–H groups in total. The van der Waals surface area contributed by atoms with Crippen LogP contribution in [0.25, 0.3) is 11.2 Å². The molecule has 23 heavy (non-hydrogen) atoms. The Morgan fingerprint density at radius 2 is 2.13 bits per heavy atom. The van der Waals surface area contributed by atoms with Crippen molar-refractivity contribution in [1.82, 2.24) is 19.5 Å². The van der Waals surface area contributed by atoms with E-state index in [1.807, 2.05) is 0 Å². The first-order chi connectivity index (χ1) is 11.1. The maximum absolute atomic E-state index is 10.0. The molecule has 10 heteroatoms. The van der Waals surface area contributed by atoms with Crippen LogP contribution in [0.15, 0.2) is 6.33 Å². The smallest absolute Gasteiger partial charge is 0.167 e. The Morgan fingerprint density at radius 3 is 2.78 bits per heavy atom. The zero-order valence-electron chi connectivity index (χ0n) is 12.3. The lowest BCUT2D eigenvalue weighted by molar-refractivity contribution is -0.0430. The highest BCUT2D eigenvalue weighted by atomic mass is 32.1. The van der Waals surface area contributed by atoms with Crippen LogP contribution in [0.4, 0.5) is 5.82 Å². The van der Waals surface area contributed by atoms with Gasteiger partial charge in [0.25, 0.3) is 0 Å². The van der Waals surface area contributed by atoms with Gasteiger partial charge in [0, 0.05) is 13.0 Å². The highest BCUT2D eigenvalue weighted by Gasteiger charge is 2.43. The SMILES string of the molecule is Nc1nc(CCCO)nc2c1ncn2[C@@H]1O[C@H](CO)[C@@H](O)[C@H]1S. The molecule has 2 aromatic heterocycles. The highest BCUT2D eigenvalue weighted by molar-refractivity contribution is 7.81. The van der Waals surface area contributed by atoms with E-state index in [0.717, 1.165) is 0 Å². The van der Waals surface area contributed by atoms with Crippen LogP contribution in [0.1, 0.15) is 18.5 Å². The molecule has 0 saturated carbocycles. The van der Waals surface area contributed by atoms with Crippen molar-refractivity contribution in [2.45, 2.75) is 36.5 Å². The van der Waals surface area contributed by atoms with Crippen molar-refractivity contribution in [1.29, 1.82) is 0 Å². The number of hydrogen-bond donors (Lipinski definition) is 5. The number of nitrogen functional groups attached to an aromatic ring is 1. The molecular formula is C13H19N5O4S. The second-order valence-corrected chi connectivity index (χ2v) is 6.00.